The topological polar surface area (TPSA) is 67.2 Å². The van der Waals surface area contributed by atoms with E-state index in [2.05, 4.69) is 16.9 Å². The van der Waals surface area contributed by atoms with Gasteiger partial charge in [-0.2, -0.15) is 0 Å². The van der Waals surface area contributed by atoms with E-state index in [1.165, 1.54) is 6.08 Å². The van der Waals surface area contributed by atoms with E-state index in [9.17, 15) is 9.59 Å². The quantitative estimate of drug-likeness (QED) is 0.789. The maximum atomic E-state index is 12.3. The van der Waals surface area contributed by atoms with Crippen molar-refractivity contribution in [1.82, 2.24) is 19.8 Å². The van der Waals surface area contributed by atoms with Crippen LogP contribution in [0.5, 0.6) is 0 Å². The second-order valence-electron chi connectivity index (χ2n) is 4.62. The van der Waals surface area contributed by atoms with Gasteiger partial charge in [-0.15, -0.1) is 0 Å². The fourth-order valence-corrected chi connectivity index (χ4v) is 2.18. The van der Waals surface area contributed by atoms with Gasteiger partial charge in [0.2, 0.25) is 11.8 Å². The van der Waals surface area contributed by atoms with Crippen molar-refractivity contribution in [2.24, 2.45) is 7.05 Å². The number of hydrogen-bond donors (Lipinski definition) is 1. The average molecular weight is 262 g/mol. The highest BCUT2D eigenvalue weighted by Gasteiger charge is 2.29. The summed E-state index contributed by atoms with van der Waals surface area (Å²) in [4.78, 5) is 29.5. The molecule has 0 spiro atoms. The average Bonchev–Trinajstić information content (AvgIpc) is 2.80. The second kappa shape index (κ2) is 5.69. The molecule has 6 nitrogen and oxygen atoms in total. The number of amides is 2. The van der Waals surface area contributed by atoms with Gasteiger partial charge in [-0.1, -0.05) is 6.58 Å². The zero-order valence-corrected chi connectivity index (χ0v) is 11.0. The van der Waals surface area contributed by atoms with Gasteiger partial charge < -0.3 is 14.8 Å². The van der Waals surface area contributed by atoms with Crippen molar-refractivity contribution < 1.29 is 9.59 Å². The Bertz CT molecular complexity index is 495. The predicted molar refractivity (Wildman–Crippen MR) is 70.0 cm³/mol. The molecule has 1 aliphatic rings. The molecule has 6 heteroatoms. The van der Waals surface area contributed by atoms with Gasteiger partial charge in [-0.05, 0) is 18.9 Å². The highest BCUT2D eigenvalue weighted by atomic mass is 16.2. The number of aromatic nitrogens is 2. The Morgan fingerprint density at radius 2 is 2.47 bits per heavy atom. The number of nitrogens with one attached hydrogen (secondary N) is 1. The summed E-state index contributed by atoms with van der Waals surface area (Å²) in [5.74, 6) is 0.477. The molecule has 0 aliphatic carbocycles. The molecule has 2 rings (SSSR count). The molecule has 1 saturated heterocycles. The molecule has 0 radical (unpaired) electrons. The van der Waals surface area contributed by atoms with E-state index < -0.39 is 6.04 Å². The predicted octanol–water partition coefficient (Wildman–Crippen LogP) is 0.213. The Hall–Kier alpha value is -2.11. The zero-order valence-electron chi connectivity index (χ0n) is 11.0. The molecule has 0 bridgehead atoms. The zero-order chi connectivity index (χ0) is 13.8. The van der Waals surface area contributed by atoms with Gasteiger partial charge in [0.25, 0.3) is 0 Å². The summed E-state index contributed by atoms with van der Waals surface area (Å²) in [7, 11) is 1.90. The van der Waals surface area contributed by atoms with E-state index in [-0.39, 0.29) is 11.8 Å². The van der Waals surface area contributed by atoms with Crippen molar-refractivity contribution in [1.29, 1.82) is 0 Å². The number of likely N-dealkylation sites (tertiary alicyclic amines) is 1. The third-order valence-electron chi connectivity index (χ3n) is 3.29. The van der Waals surface area contributed by atoms with Crippen LogP contribution in [-0.4, -0.2) is 38.9 Å². The third-order valence-corrected chi connectivity index (χ3v) is 3.29. The molecular formula is C13H18N4O2. The van der Waals surface area contributed by atoms with E-state index in [0.29, 0.717) is 19.5 Å². The Kier molecular flexibility index (Phi) is 3.99. The van der Waals surface area contributed by atoms with Gasteiger partial charge >= 0.3 is 0 Å². The molecule has 1 N–H and O–H groups in total. The standard InChI is InChI=1S/C13H18N4O2/c1-3-12(18)15-10-5-4-7-17(13(10)19)9-11-14-6-8-16(11)2/h3,6,8,10H,1,4-5,7,9H2,2H3,(H,15,18). The molecule has 1 unspecified atom stereocenters. The first-order chi connectivity index (χ1) is 9.11. The van der Waals surface area contributed by atoms with Crippen molar-refractivity contribution in [2.45, 2.75) is 25.4 Å². The van der Waals surface area contributed by atoms with Gasteiger partial charge in [0.05, 0.1) is 6.54 Å². The van der Waals surface area contributed by atoms with Gasteiger partial charge in [-0.3, -0.25) is 9.59 Å². The van der Waals surface area contributed by atoms with Gasteiger partial charge in [0, 0.05) is 26.0 Å². The van der Waals surface area contributed by atoms with Crippen LogP contribution in [0, 0.1) is 0 Å². The van der Waals surface area contributed by atoms with E-state index in [1.807, 2.05) is 17.8 Å². The Balaban J connectivity index is 2.02. The molecular weight excluding hydrogens is 244 g/mol. The lowest BCUT2D eigenvalue weighted by atomic mass is 10.0. The lowest BCUT2D eigenvalue weighted by molar-refractivity contribution is -0.138. The summed E-state index contributed by atoms with van der Waals surface area (Å²) in [5, 5.41) is 2.67. The number of piperidine rings is 1. The van der Waals surface area contributed by atoms with Crippen LogP contribution >= 0.6 is 0 Å². The Morgan fingerprint density at radius 3 is 3.11 bits per heavy atom. The number of rotatable bonds is 4. The summed E-state index contributed by atoms with van der Waals surface area (Å²) in [6, 6.07) is -0.445. The SMILES string of the molecule is C=CC(=O)NC1CCCN(Cc2nccn2C)C1=O. The van der Waals surface area contributed by atoms with Crippen molar-refractivity contribution in [3.63, 3.8) is 0 Å². The Morgan fingerprint density at radius 1 is 1.68 bits per heavy atom. The van der Waals surface area contributed by atoms with Crippen LogP contribution in [0.2, 0.25) is 0 Å². The minimum atomic E-state index is -0.445. The molecule has 1 aromatic heterocycles. The van der Waals surface area contributed by atoms with E-state index in [0.717, 1.165) is 12.2 Å². The molecule has 0 saturated carbocycles. The molecule has 1 aromatic rings. The highest BCUT2D eigenvalue weighted by Crippen LogP contribution is 2.14. The summed E-state index contributed by atoms with van der Waals surface area (Å²) >= 11 is 0. The first kappa shape index (κ1) is 13.3. The maximum absolute atomic E-state index is 12.3. The lowest BCUT2D eigenvalue weighted by Crippen LogP contribution is -2.51. The third kappa shape index (κ3) is 3.01. The monoisotopic (exact) mass is 262 g/mol. The smallest absolute Gasteiger partial charge is 0.245 e. The molecule has 19 heavy (non-hydrogen) atoms. The van der Waals surface area contributed by atoms with Crippen LogP contribution in [0.25, 0.3) is 0 Å². The highest BCUT2D eigenvalue weighted by molar-refractivity contribution is 5.92. The van der Waals surface area contributed by atoms with E-state index in [4.69, 9.17) is 0 Å². The van der Waals surface area contributed by atoms with Crippen LogP contribution in [0.3, 0.4) is 0 Å². The fourth-order valence-electron chi connectivity index (χ4n) is 2.18. The van der Waals surface area contributed by atoms with Gasteiger partial charge in [0.15, 0.2) is 0 Å². The van der Waals surface area contributed by atoms with Gasteiger partial charge in [-0.25, -0.2) is 4.98 Å². The molecule has 1 fully saturated rings. The van der Waals surface area contributed by atoms with Crippen molar-refractivity contribution in [3.05, 3.63) is 30.9 Å². The van der Waals surface area contributed by atoms with Crippen LogP contribution in [0.1, 0.15) is 18.7 Å². The van der Waals surface area contributed by atoms with Crippen LogP contribution in [0.15, 0.2) is 25.0 Å². The fraction of sp³-hybridized carbons (Fsp3) is 0.462. The molecule has 102 valence electrons. The first-order valence-corrected chi connectivity index (χ1v) is 6.29. The van der Waals surface area contributed by atoms with Crippen molar-refractivity contribution in [3.8, 4) is 0 Å². The van der Waals surface area contributed by atoms with E-state index >= 15 is 0 Å². The number of carbonyl (C=O) groups excluding carboxylic acids is 2. The molecule has 0 aromatic carbocycles. The number of aryl methyl sites for hydroxylation is 1. The maximum Gasteiger partial charge on any atom is 0.245 e. The lowest BCUT2D eigenvalue weighted by Gasteiger charge is -2.32. The Labute approximate surface area is 112 Å². The number of carbonyl (C=O) groups is 2. The van der Waals surface area contributed by atoms with Crippen molar-refractivity contribution in [2.75, 3.05) is 6.54 Å². The van der Waals surface area contributed by atoms with Crippen molar-refractivity contribution >= 4 is 11.8 Å². The van der Waals surface area contributed by atoms with Crippen LogP contribution in [-0.2, 0) is 23.2 Å². The second-order valence-corrected chi connectivity index (χ2v) is 4.62. The van der Waals surface area contributed by atoms with Crippen LogP contribution < -0.4 is 5.32 Å². The normalized spacial score (nSPS) is 19.3. The molecule has 2 amide bonds. The summed E-state index contributed by atoms with van der Waals surface area (Å²) in [5.41, 5.74) is 0. The number of hydrogen-bond acceptors (Lipinski definition) is 3. The minimum Gasteiger partial charge on any atom is -0.341 e. The first-order valence-electron chi connectivity index (χ1n) is 6.29. The number of nitrogens with zero attached hydrogens (tertiary/aromatic N) is 3. The molecule has 2 heterocycles. The summed E-state index contributed by atoms with van der Waals surface area (Å²) in [6.45, 7) is 4.57. The summed E-state index contributed by atoms with van der Waals surface area (Å²) in [6.07, 6.45) is 6.29. The number of imidazole rings is 1. The summed E-state index contributed by atoms with van der Waals surface area (Å²) < 4.78 is 1.89. The van der Waals surface area contributed by atoms with E-state index in [1.54, 1.807) is 11.1 Å². The minimum absolute atomic E-state index is 0.0514. The van der Waals surface area contributed by atoms with Gasteiger partial charge in [0.1, 0.15) is 11.9 Å². The molecule has 1 atom stereocenters. The molecule has 1 aliphatic heterocycles. The van der Waals surface area contributed by atoms with Crippen LogP contribution in [0.4, 0.5) is 0 Å². The largest absolute Gasteiger partial charge is 0.341 e.